The molecule has 0 unspecified atom stereocenters. The fourth-order valence-electron chi connectivity index (χ4n) is 1.58. The molecule has 1 aromatic heterocycles. The SMILES string of the molecule is COC1CN(C(=O)c2ccc(C(=O)O)nc2)C1. The number of pyridine rings is 1. The van der Waals surface area contributed by atoms with Gasteiger partial charge in [-0.05, 0) is 12.1 Å². The van der Waals surface area contributed by atoms with Crippen molar-refractivity contribution in [3.05, 3.63) is 29.6 Å². The van der Waals surface area contributed by atoms with Crippen LogP contribution in [-0.2, 0) is 4.74 Å². The van der Waals surface area contributed by atoms with E-state index in [1.165, 1.54) is 18.3 Å². The maximum absolute atomic E-state index is 11.9. The number of likely N-dealkylation sites (tertiary alicyclic amines) is 1. The lowest BCUT2D eigenvalue weighted by atomic mass is 10.1. The third-order valence-electron chi connectivity index (χ3n) is 2.70. The topological polar surface area (TPSA) is 79.7 Å². The van der Waals surface area contributed by atoms with Gasteiger partial charge in [0.15, 0.2) is 0 Å². The molecule has 6 heteroatoms. The number of aromatic carboxylic acids is 1. The average Bonchev–Trinajstić information content (AvgIpc) is 2.27. The van der Waals surface area contributed by atoms with E-state index in [1.54, 1.807) is 12.0 Å². The highest BCUT2D eigenvalue weighted by Crippen LogP contribution is 2.14. The Labute approximate surface area is 97.8 Å². The second-order valence-corrected chi connectivity index (χ2v) is 3.81. The van der Waals surface area contributed by atoms with E-state index in [1.807, 2.05) is 0 Å². The molecule has 1 aliphatic rings. The number of aromatic nitrogens is 1. The van der Waals surface area contributed by atoms with Crippen molar-refractivity contribution in [2.75, 3.05) is 20.2 Å². The van der Waals surface area contributed by atoms with Crippen LogP contribution < -0.4 is 0 Å². The normalized spacial score (nSPS) is 15.5. The van der Waals surface area contributed by atoms with Crippen LogP contribution in [0.5, 0.6) is 0 Å². The minimum Gasteiger partial charge on any atom is -0.477 e. The lowest BCUT2D eigenvalue weighted by molar-refractivity contribution is -0.0192. The predicted molar refractivity (Wildman–Crippen MR) is 57.9 cm³/mol. The Morgan fingerprint density at radius 3 is 2.65 bits per heavy atom. The van der Waals surface area contributed by atoms with Gasteiger partial charge in [0.2, 0.25) is 0 Å². The molecule has 0 spiro atoms. The quantitative estimate of drug-likeness (QED) is 0.813. The molecule has 0 saturated carbocycles. The zero-order valence-electron chi connectivity index (χ0n) is 9.29. The number of carbonyl (C=O) groups excluding carboxylic acids is 1. The van der Waals surface area contributed by atoms with Crippen molar-refractivity contribution in [2.45, 2.75) is 6.10 Å². The van der Waals surface area contributed by atoms with Crippen molar-refractivity contribution in [3.63, 3.8) is 0 Å². The molecule has 1 N–H and O–H groups in total. The molecule has 0 atom stereocenters. The molecule has 2 heterocycles. The second kappa shape index (κ2) is 4.50. The molecule has 90 valence electrons. The van der Waals surface area contributed by atoms with E-state index in [4.69, 9.17) is 9.84 Å². The van der Waals surface area contributed by atoms with Gasteiger partial charge in [-0.3, -0.25) is 4.79 Å². The molecule has 6 nitrogen and oxygen atoms in total. The van der Waals surface area contributed by atoms with Crippen molar-refractivity contribution >= 4 is 11.9 Å². The van der Waals surface area contributed by atoms with Crippen LogP contribution in [0.25, 0.3) is 0 Å². The van der Waals surface area contributed by atoms with Crippen LogP contribution in [0.15, 0.2) is 18.3 Å². The third-order valence-corrected chi connectivity index (χ3v) is 2.70. The minimum absolute atomic E-state index is 0.0695. The standard InChI is InChI=1S/C11H12N2O4/c1-17-8-5-13(6-8)10(14)7-2-3-9(11(15)16)12-4-7/h2-4,8H,5-6H2,1H3,(H,15,16). The summed E-state index contributed by atoms with van der Waals surface area (Å²) in [5, 5.41) is 8.67. The average molecular weight is 236 g/mol. The summed E-state index contributed by atoms with van der Waals surface area (Å²) in [6, 6.07) is 2.79. The Morgan fingerprint density at radius 2 is 2.18 bits per heavy atom. The van der Waals surface area contributed by atoms with Crippen LogP contribution in [0, 0.1) is 0 Å². The van der Waals surface area contributed by atoms with Crippen LogP contribution in [0.3, 0.4) is 0 Å². The molecule has 0 bridgehead atoms. The van der Waals surface area contributed by atoms with E-state index < -0.39 is 5.97 Å². The number of rotatable bonds is 3. The summed E-state index contributed by atoms with van der Waals surface area (Å²) in [6.07, 6.45) is 1.39. The molecule has 0 aliphatic carbocycles. The number of methoxy groups -OCH3 is 1. The number of nitrogens with zero attached hydrogens (tertiary/aromatic N) is 2. The number of carbonyl (C=O) groups is 2. The molecule has 1 aliphatic heterocycles. The summed E-state index contributed by atoms with van der Waals surface area (Å²) in [5.74, 6) is -1.25. The van der Waals surface area contributed by atoms with Gasteiger partial charge in [-0.2, -0.15) is 0 Å². The summed E-state index contributed by atoms with van der Waals surface area (Å²) in [4.78, 5) is 27.8. The number of hydrogen-bond donors (Lipinski definition) is 1. The molecule has 0 radical (unpaired) electrons. The van der Waals surface area contributed by atoms with Gasteiger partial charge in [0.25, 0.3) is 5.91 Å². The Bertz CT molecular complexity index is 437. The third kappa shape index (κ3) is 2.26. The predicted octanol–water partition coefficient (Wildman–Crippen LogP) is 0.251. The lowest BCUT2D eigenvalue weighted by Crippen LogP contribution is -2.54. The van der Waals surface area contributed by atoms with Crippen LogP contribution in [-0.4, -0.2) is 53.2 Å². The summed E-state index contributed by atoms with van der Waals surface area (Å²) >= 11 is 0. The zero-order chi connectivity index (χ0) is 12.4. The zero-order valence-corrected chi connectivity index (χ0v) is 9.29. The van der Waals surface area contributed by atoms with Gasteiger partial charge in [-0.25, -0.2) is 9.78 Å². The highest BCUT2D eigenvalue weighted by atomic mass is 16.5. The van der Waals surface area contributed by atoms with E-state index in [2.05, 4.69) is 4.98 Å². The molecular weight excluding hydrogens is 224 g/mol. The highest BCUT2D eigenvalue weighted by Gasteiger charge is 2.31. The molecule has 2 rings (SSSR count). The van der Waals surface area contributed by atoms with Gasteiger partial charge in [0.1, 0.15) is 5.69 Å². The van der Waals surface area contributed by atoms with Crippen molar-refractivity contribution in [3.8, 4) is 0 Å². The smallest absolute Gasteiger partial charge is 0.354 e. The van der Waals surface area contributed by atoms with Crippen molar-refractivity contribution in [2.24, 2.45) is 0 Å². The molecule has 1 aromatic rings. The molecule has 1 saturated heterocycles. The summed E-state index contributed by atoms with van der Waals surface area (Å²) < 4.78 is 5.07. The fourth-order valence-corrected chi connectivity index (χ4v) is 1.58. The largest absolute Gasteiger partial charge is 0.477 e. The summed E-state index contributed by atoms with van der Waals surface area (Å²) in [5.41, 5.74) is 0.324. The highest BCUT2D eigenvalue weighted by molar-refractivity contribution is 5.95. The van der Waals surface area contributed by atoms with E-state index in [9.17, 15) is 9.59 Å². The van der Waals surface area contributed by atoms with Gasteiger partial charge in [-0.15, -0.1) is 0 Å². The van der Waals surface area contributed by atoms with Gasteiger partial charge >= 0.3 is 5.97 Å². The van der Waals surface area contributed by atoms with Gasteiger partial charge < -0.3 is 14.7 Å². The van der Waals surface area contributed by atoms with Crippen molar-refractivity contribution in [1.29, 1.82) is 0 Å². The van der Waals surface area contributed by atoms with Gasteiger partial charge in [0.05, 0.1) is 11.7 Å². The number of carboxylic acids is 1. The van der Waals surface area contributed by atoms with Crippen LogP contribution in [0.4, 0.5) is 0 Å². The first-order valence-electron chi connectivity index (χ1n) is 5.13. The van der Waals surface area contributed by atoms with E-state index in [0.717, 1.165) is 0 Å². The van der Waals surface area contributed by atoms with E-state index >= 15 is 0 Å². The first-order valence-corrected chi connectivity index (χ1v) is 5.13. The Hall–Kier alpha value is -1.95. The summed E-state index contributed by atoms with van der Waals surface area (Å²) in [6.45, 7) is 1.13. The maximum Gasteiger partial charge on any atom is 0.354 e. The number of ether oxygens (including phenoxy) is 1. The second-order valence-electron chi connectivity index (χ2n) is 3.81. The maximum atomic E-state index is 11.9. The number of carboxylic acid groups (broad SMARTS) is 1. The molecule has 0 aromatic carbocycles. The van der Waals surface area contributed by atoms with E-state index in [0.29, 0.717) is 18.7 Å². The van der Waals surface area contributed by atoms with Gasteiger partial charge in [0, 0.05) is 26.4 Å². The number of hydrogen-bond acceptors (Lipinski definition) is 4. The molecular formula is C11H12N2O4. The molecule has 1 amide bonds. The number of amides is 1. The first-order chi connectivity index (χ1) is 8.11. The Kier molecular flexibility index (Phi) is 3.06. The molecule has 17 heavy (non-hydrogen) atoms. The fraction of sp³-hybridized carbons (Fsp3) is 0.364. The van der Waals surface area contributed by atoms with E-state index in [-0.39, 0.29) is 17.7 Å². The van der Waals surface area contributed by atoms with Crippen molar-refractivity contribution in [1.82, 2.24) is 9.88 Å². The minimum atomic E-state index is -1.10. The Morgan fingerprint density at radius 1 is 1.47 bits per heavy atom. The van der Waals surface area contributed by atoms with Crippen molar-refractivity contribution < 1.29 is 19.4 Å². The van der Waals surface area contributed by atoms with Crippen LogP contribution >= 0.6 is 0 Å². The summed E-state index contributed by atoms with van der Waals surface area (Å²) in [7, 11) is 1.61. The first kappa shape index (κ1) is 11.5. The van der Waals surface area contributed by atoms with Crippen LogP contribution in [0.2, 0.25) is 0 Å². The lowest BCUT2D eigenvalue weighted by Gasteiger charge is -2.38. The molecule has 1 fully saturated rings. The Balaban J connectivity index is 2.03. The monoisotopic (exact) mass is 236 g/mol. The van der Waals surface area contributed by atoms with Gasteiger partial charge in [-0.1, -0.05) is 0 Å². The van der Waals surface area contributed by atoms with Crippen LogP contribution in [0.1, 0.15) is 20.8 Å².